The minimum atomic E-state index is -0.456. The molecule has 8 nitrogen and oxygen atoms in total. The molecule has 0 radical (unpaired) electrons. The fourth-order valence-corrected chi connectivity index (χ4v) is 4.04. The summed E-state index contributed by atoms with van der Waals surface area (Å²) in [6, 6.07) is 16.5. The van der Waals surface area contributed by atoms with Crippen molar-refractivity contribution < 1.29 is 23.8 Å². The van der Waals surface area contributed by atoms with Gasteiger partial charge in [0, 0.05) is 37.0 Å². The van der Waals surface area contributed by atoms with Crippen molar-refractivity contribution >= 4 is 17.5 Å². The molecule has 1 aliphatic rings. The van der Waals surface area contributed by atoms with Gasteiger partial charge in [0.05, 0.1) is 31.9 Å². The third-order valence-corrected chi connectivity index (χ3v) is 6.04. The number of ether oxygens (including phenoxy) is 3. The standard InChI is InChI=1S/C27H29N3O5/c1-18(20-6-8-22(9-7-20)35-17-19-5-4-12-28-15-19)29-27(32)21-13-26(31)30(16-21)24-14-23(33-2)10-11-25(24)34-3/h4-12,14-15,18,21H,13,16-17H2,1-3H3,(H,29,32). The van der Waals surface area contributed by atoms with Crippen molar-refractivity contribution in [2.45, 2.75) is 26.0 Å². The van der Waals surface area contributed by atoms with Gasteiger partial charge in [0.15, 0.2) is 0 Å². The van der Waals surface area contributed by atoms with Crippen molar-refractivity contribution in [3.8, 4) is 17.2 Å². The van der Waals surface area contributed by atoms with E-state index in [1.807, 2.05) is 43.3 Å². The minimum Gasteiger partial charge on any atom is -0.497 e. The molecule has 1 aromatic heterocycles. The number of anilines is 1. The highest BCUT2D eigenvalue weighted by molar-refractivity contribution is 6.01. The number of carbonyl (C=O) groups excluding carboxylic acids is 2. The summed E-state index contributed by atoms with van der Waals surface area (Å²) in [6.07, 6.45) is 3.63. The van der Waals surface area contributed by atoms with Crippen LogP contribution in [-0.2, 0) is 16.2 Å². The molecular weight excluding hydrogens is 446 g/mol. The second kappa shape index (κ2) is 10.9. The van der Waals surface area contributed by atoms with Crippen LogP contribution in [0.3, 0.4) is 0 Å². The summed E-state index contributed by atoms with van der Waals surface area (Å²) in [4.78, 5) is 31.4. The van der Waals surface area contributed by atoms with Crippen molar-refractivity contribution in [2.24, 2.45) is 5.92 Å². The van der Waals surface area contributed by atoms with Crippen molar-refractivity contribution in [3.63, 3.8) is 0 Å². The van der Waals surface area contributed by atoms with E-state index in [4.69, 9.17) is 14.2 Å². The monoisotopic (exact) mass is 475 g/mol. The highest BCUT2D eigenvalue weighted by Crippen LogP contribution is 2.36. The third kappa shape index (κ3) is 5.71. The van der Waals surface area contributed by atoms with Crippen LogP contribution in [0.4, 0.5) is 5.69 Å². The molecular formula is C27H29N3O5. The number of hydrogen-bond acceptors (Lipinski definition) is 6. The molecule has 2 atom stereocenters. The number of nitrogens with zero attached hydrogens (tertiary/aromatic N) is 2. The van der Waals surface area contributed by atoms with Gasteiger partial charge in [-0.05, 0) is 42.8 Å². The summed E-state index contributed by atoms with van der Waals surface area (Å²) in [5, 5.41) is 3.04. The number of amides is 2. The Morgan fingerprint density at radius 3 is 2.57 bits per heavy atom. The van der Waals surface area contributed by atoms with Gasteiger partial charge in [-0.2, -0.15) is 0 Å². The SMILES string of the molecule is COc1ccc(OC)c(N2CC(C(=O)NC(C)c3ccc(OCc4cccnc4)cc3)CC2=O)c1. The van der Waals surface area contributed by atoms with Gasteiger partial charge in [-0.25, -0.2) is 0 Å². The van der Waals surface area contributed by atoms with Crippen molar-refractivity contribution in [3.05, 3.63) is 78.1 Å². The van der Waals surface area contributed by atoms with Gasteiger partial charge in [-0.3, -0.25) is 14.6 Å². The molecule has 0 spiro atoms. The first kappa shape index (κ1) is 24.1. The zero-order valence-electron chi connectivity index (χ0n) is 20.1. The maximum atomic E-state index is 13.0. The van der Waals surface area contributed by atoms with Crippen molar-refractivity contribution in [2.75, 3.05) is 25.7 Å². The van der Waals surface area contributed by atoms with Crippen molar-refractivity contribution in [1.29, 1.82) is 0 Å². The molecule has 1 fully saturated rings. The van der Waals surface area contributed by atoms with Gasteiger partial charge >= 0.3 is 0 Å². The average Bonchev–Trinajstić information content (AvgIpc) is 3.29. The summed E-state index contributed by atoms with van der Waals surface area (Å²) >= 11 is 0. The van der Waals surface area contributed by atoms with Gasteiger partial charge in [0.25, 0.3) is 0 Å². The topological polar surface area (TPSA) is 90.0 Å². The lowest BCUT2D eigenvalue weighted by Gasteiger charge is -2.21. The lowest BCUT2D eigenvalue weighted by Crippen LogP contribution is -2.34. The minimum absolute atomic E-state index is 0.125. The molecule has 0 aliphatic carbocycles. The molecule has 1 aliphatic heterocycles. The average molecular weight is 476 g/mol. The summed E-state index contributed by atoms with van der Waals surface area (Å²) < 4.78 is 16.5. The number of benzene rings is 2. The predicted molar refractivity (Wildman–Crippen MR) is 132 cm³/mol. The van der Waals surface area contributed by atoms with E-state index in [0.29, 0.717) is 23.8 Å². The van der Waals surface area contributed by atoms with E-state index < -0.39 is 5.92 Å². The van der Waals surface area contributed by atoms with Crippen LogP contribution >= 0.6 is 0 Å². The number of aromatic nitrogens is 1. The second-order valence-corrected chi connectivity index (χ2v) is 8.39. The molecule has 182 valence electrons. The van der Waals surface area contributed by atoms with Crippen molar-refractivity contribution in [1.82, 2.24) is 10.3 Å². The van der Waals surface area contributed by atoms with Crippen LogP contribution in [0, 0.1) is 5.92 Å². The van der Waals surface area contributed by atoms with Crippen LogP contribution in [0.25, 0.3) is 0 Å². The highest BCUT2D eigenvalue weighted by Gasteiger charge is 2.37. The Morgan fingerprint density at radius 1 is 1.11 bits per heavy atom. The lowest BCUT2D eigenvalue weighted by atomic mass is 10.0. The van der Waals surface area contributed by atoms with Gasteiger partial charge < -0.3 is 24.4 Å². The maximum Gasteiger partial charge on any atom is 0.227 e. The lowest BCUT2D eigenvalue weighted by molar-refractivity contribution is -0.126. The van der Waals surface area contributed by atoms with Gasteiger partial charge in [0.2, 0.25) is 11.8 Å². The van der Waals surface area contributed by atoms with Crippen LogP contribution in [0.5, 0.6) is 17.2 Å². The molecule has 2 aromatic carbocycles. The smallest absolute Gasteiger partial charge is 0.227 e. The van der Waals surface area contributed by atoms with E-state index in [2.05, 4.69) is 10.3 Å². The Hall–Kier alpha value is -4.07. The predicted octanol–water partition coefficient (Wildman–Crippen LogP) is 3.91. The van der Waals surface area contributed by atoms with E-state index in [-0.39, 0.29) is 30.8 Å². The van der Waals surface area contributed by atoms with E-state index in [9.17, 15) is 9.59 Å². The number of methoxy groups -OCH3 is 2. The van der Waals surface area contributed by atoms with E-state index in [1.165, 1.54) is 0 Å². The van der Waals surface area contributed by atoms with E-state index >= 15 is 0 Å². The van der Waals surface area contributed by atoms with Crippen LogP contribution in [-0.4, -0.2) is 37.6 Å². The van der Waals surface area contributed by atoms with Gasteiger partial charge in [0.1, 0.15) is 23.9 Å². The second-order valence-electron chi connectivity index (χ2n) is 8.39. The first-order valence-electron chi connectivity index (χ1n) is 11.4. The molecule has 0 saturated carbocycles. The summed E-state index contributed by atoms with van der Waals surface area (Å²) in [5.41, 5.74) is 2.54. The molecule has 0 bridgehead atoms. The quantitative estimate of drug-likeness (QED) is 0.505. The molecule has 1 saturated heterocycles. The molecule has 4 rings (SSSR count). The van der Waals surface area contributed by atoms with Crippen LogP contribution in [0.1, 0.15) is 30.5 Å². The highest BCUT2D eigenvalue weighted by atomic mass is 16.5. The molecule has 2 amide bonds. The summed E-state index contributed by atoms with van der Waals surface area (Å²) in [7, 11) is 3.11. The fraction of sp³-hybridized carbons (Fsp3) is 0.296. The first-order chi connectivity index (χ1) is 17.0. The normalized spacial score (nSPS) is 16.0. The summed E-state index contributed by atoms with van der Waals surface area (Å²) in [6.45, 7) is 2.63. The number of pyridine rings is 1. The molecule has 35 heavy (non-hydrogen) atoms. The first-order valence-corrected chi connectivity index (χ1v) is 11.4. The zero-order chi connectivity index (χ0) is 24.8. The Balaban J connectivity index is 1.35. The molecule has 2 unspecified atom stereocenters. The summed E-state index contributed by atoms with van der Waals surface area (Å²) in [5.74, 6) is 1.16. The van der Waals surface area contributed by atoms with Gasteiger partial charge in [-0.1, -0.05) is 18.2 Å². The molecule has 2 heterocycles. The van der Waals surface area contributed by atoms with Crippen LogP contribution in [0.15, 0.2) is 67.0 Å². The Kier molecular flexibility index (Phi) is 7.50. The van der Waals surface area contributed by atoms with Crippen LogP contribution < -0.4 is 24.4 Å². The number of rotatable bonds is 9. The Morgan fingerprint density at radius 2 is 1.89 bits per heavy atom. The maximum absolute atomic E-state index is 13.0. The van der Waals surface area contributed by atoms with Crippen LogP contribution in [0.2, 0.25) is 0 Å². The Bertz CT molecular complexity index is 1170. The van der Waals surface area contributed by atoms with Gasteiger partial charge in [-0.15, -0.1) is 0 Å². The largest absolute Gasteiger partial charge is 0.497 e. The molecule has 8 heteroatoms. The number of nitrogens with one attached hydrogen (secondary N) is 1. The fourth-order valence-electron chi connectivity index (χ4n) is 4.04. The number of carbonyl (C=O) groups is 2. The zero-order valence-corrected chi connectivity index (χ0v) is 20.1. The number of hydrogen-bond donors (Lipinski definition) is 1. The third-order valence-electron chi connectivity index (χ3n) is 6.04. The van der Waals surface area contributed by atoms with E-state index in [0.717, 1.165) is 16.9 Å². The van der Waals surface area contributed by atoms with E-state index in [1.54, 1.807) is 49.7 Å². The molecule has 3 aromatic rings. The molecule has 1 N–H and O–H groups in total. The Labute approximate surface area is 204 Å².